The number of carbonyl (C=O) groups is 2. The minimum atomic E-state index is 0.00948. The number of benzene rings is 1. The van der Waals surface area contributed by atoms with Crippen LogP contribution in [0.25, 0.3) is 0 Å². The zero-order valence-electron chi connectivity index (χ0n) is 16.3. The second-order valence-corrected chi connectivity index (χ2v) is 8.52. The van der Waals surface area contributed by atoms with Crippen LogP contribution in [0, 0.1) is 5.92 Å². The number of hydrogen-bond donors (Lipinski definition) is 1. The van der Waals surface area contributed by atoms with Crippen molar-refractivity contribution in [3.63, 3.8) is 0 Å². The summed E-state index contributed by atoms with van der Waals surface area (Å²) in [5.74, 6) is 0.905. The molecule has 1 heterocycles. The van der Waals surface area contributed by atoms with Gasteiger partial charge >= 0.3 is 0 Å². The number of anilines is 1. The van der Waals surface area contributed by atoms with Gasteiger partial charge in [0.15, 0.2) is 0 Å². The zero-order chi connectivity index (χ0) is 19.1. The summed E-state index contributed by atoms with van der Waals surface area (Å²) in [6.07, 6.45) is 9.05. The van der Waals surface area contributed by atoms with Crippen LogP contribution < -0.4 is 5.32 Å². The Kier molecular flexibility index (Phi) is 7.59. The van der Waals surface area contributed by atoms with E-state index < -0.39 is 0 Å². The summed E-state index contributed by atoms with van der Waals surface area (Å²) in [6, 6.07) is 7.89. The first kappa shape index (κ1) is 20.2. The number of piperazine rings is 1. The number of hydrogen-bond acceptors (Lipinski definition) is 4. The van der Waals surface area contributed by atoms with Crippen LogP contribution in [0.4, 0.5) is 5.69 Å². The lowest BCUT2D eigenvalue weighted by atomic mass is 9.86. The van der Waals surface area contributed by atoms with Gasteiger partial charge in [-0.25, -0.2) is 0 Å². The van der Waals surface area contributed by atoms with Gasteiger partial charge in [-0.2, -0.15) is 0 Å². The molecule has 6 heteroatoms. The van der Waals surface area contributed by atoms with Gasteiger partial charge in [-0.3, -0.25) is 14.5 Å². The summed E-state index contributed by atoms with van der Waals surface area (Å²) >= 11 is 1.66. The second-order valence-electron chi connectivity index (χ2n) is 7.65. The fourth-order valence-corrected chi connectivity index (χ4v) is 4.49. The van der Waals surface area contributed by atoms with Crippen LogP contribution in [-0.2, 0) is 9.59 Å². The minimum absolute atomic E-state index is 0.00948. The van der Waals surface area contributed by atoms with Gasteiger partial charge < -0.3 is 10.2 Å². The lowest BCUT2D eigenvalue weighted by Crippen LogP contribution is -2.50. The fraction of sp³-hybridized carbons (Fsp3) is 0.619. The van der Waals surface area contributed by atoms with Gasteiger partial charge in [0.05, 0.1) is 6.54 Å². The van der Waals surface area contributed by atoms with E-state index in [-0.39, 0.29) is 5.91 Å². The highest BCUT2D eigenvalue weighted by Gasteiger charge is 2.25. The summed E-state index contributed by atoms with van der Waals surface area (Å²) in [4.78, 5) is 30.1. The Labute approximate surface area is 166 Å². The van der Waals surface area contributed by atoms with E-state index in [0.717, 1.165) is 36.8 Å². The largest absolute Gasteiger partial charge is 0.340 e. The molecule has 0 bridgehead atoms. The molecule has 1 aromatic rings. The Morgan fingerprint density at radius 3 is 2.56 bits per heavy atom. The van der Waals surface area contributed by atoms with Crippen LogP contribution in [0.2, 0.25) is 0 Å². The normalized spacial score (nSPS) is 19.1. The molecule has 1 aromatic carbocycles. The second kappa shape index (κ2) is 10.1. The van der Waals surface area contributed by atoms with Gasteiger partial charge in [0.1, 0.15) is 0 Å². The maximum Gasteiger partial charge on any atom is 0.238 e. The van der Waals surface area contributed by atoms with E-state index >= 15 is 0 Å². The van der Waals surface area contributed by atoms with Crippen molar-refractivity contribution in [1.82, 2.24) is 9.80 Å². The Hall–Kier alpha value is -1.53. The van der Waals surface area contributed by atoms with Crippen molar-refractivity contribution >= 4 is 29.3 Å². The molecule has 27 heavy (non-hydrogen) atoms. The highest BCUT2D eigenvalue weighted by Crippen LogP contribution is 2.27. The number of rotatable bonds is 6. The maximum atomic E-state index is 12.5. The van der Waals surface area contributed by atoms with E-state index in [2.05, 4.69) is 10.2 Å². The van der Waals surface area contributed by atoms with E-state index in [4.69, 9.17) is 0 Å². The molecular weight excluding hydrogens is 358 g/mol. The average molecular weight is 390 g/mol. The fourth-order valence-electron chi connectivity index (χ4n) is 4.03. The molecule has 0 radical (unpaired) electrons. The summed E-state index contributed by atoms with van der Waals surface area (Å²) in [6.45, 7) is 3.40. The monoisotopic (exact) mass is 389 g/mol. The van der Waals surface area contributed by atoms with E-state index in [0.29, 0.717) is 24.8 Å². The zero-order valence-corrected chi connectivity index (χ0v) is 17.1. The molecule has 0 aromatic heterocycles. The summed E-state index contributed by atoms with van der Waals surface area (Å²) in [7, 11) is 0. The van der Waals surface area contributed by atoms with Crippen LogP contribution in [-0.4, -0.2) is 60.6 Å². The molecule has 0 atom stereocenters. The number of nitrogens with zero attached hydrogens (tertiary/aromatic N) is 2. The van der Waals surface area contributed by atoms with Gasteiger partial charge in [0.25, 0.3) is 0 Å². The summed E-state index contributed by atoms with van der Waals surface area (Å²) in [5, 5.41) is 2.98. The van der Waals surface area contributed by atoms with Crippen LogP contribution in [0.15, 0.2) is 29.2 Å². The average Bonchev–Trinajstić information content (AvgIpc) is 2.69. The molecule has 1 saturated carbocycles. The number of thioether (sulfide) groups is 1. The number of amides is 2. The first-order valence-corrected chi connectivity index (χ1v) is 11.3. The van der Waals surface area contributed by atoms with Crippen molar-refractivity contribution in [2.75, 3.05) is 44.3 Å². The van der Waals surface area contributed by atoms with Gasteiger partial charge in [0, 0.05) is 43.2 Å². The van der Waals surface area contributed by atoms with Crippen LogP contribution in [0.1, 0.15) is 38.5 Å². The highest BCUT2D eigenvalue weighted by molar-refractivity contribution is 7.98. The Morgan fingerprint density at radius 2 is 1.85 bits per heavy atom. The third-order valence-electron chi connectivity index (χ3n) is 5.63. The van der Waals surface area contributed by atoms with Crippen LogP contribution in [0.5, 0.6) is 0 Å². The van der Waals surface area contributed by atoms with Crippen molar-refractivity contribution in [2.24, 2.45) is 5.92 Å². The number of carbonyl (C=O) groups excluding carboxylic acids is 2. The first-order valence-electron chi connectivity index (χ1n) is 10.1. The van der Waals surface area contributed by atoms with Crippen LogP contribution in [0.3, 0.4) is 0 Å². The van der Waals surface area contributed by atoms with E-state index in [9.17, 15) is 9.59 Å². The molecule has 3 rings (SSSR count). The van der Waals surface area contributed by atoms with Gasteiger partial charge in [-0.15, -0.1) is 11.8 Å². The van der Waals surface area contributed by atoms with Crippen molar-refractivity contribution in [3.05, 3.63) is 24.3 Å². The maximum absolute atomic E-state index is 12.5. The molecule has 148 valence electrons. The molecule has 2 fully saturated rings. The molecule has 1 saturated heterocycles. The first-order chi connectivity index (χ1) is 13.1. The summed E-state index contributed by atoms with van der Waals surface area (Å²) < 4.78 is 0. The van der Waals surface area contributed by atoms with E-state index in [1.165, 1.54) is 32.1 Å². The van der Waals surface area contributed by atoms with Crippen LogP contribution >= 0.6 is 11.8 Å². The molecule has 0 spiro atoms. The van der Waals surface area contributed by atoms with Crippen molar-refractivity contribution in [1.29, 1.82) is 0 Å². The quantitative estimate of drug-likeness (QED) is 0.757. The molecule has 1 N–H and O–H groups in total. The predicted octanol–water partition coefficient (Wildman–Crippen LogP) is 3.46. The third-order valence-corrected chi connectivity index (χ3v) is 6.36. The van der Waals surface area contributed by atoms with Crippen molar-refractivity contribution in [2.45, 2.75) is 43.4 Å². The Bertz CT molecular complexity index is 638. The molecule has 1 aliphatic heterocycles. The molecule has 1 aliphatic carbocycles. The Morgan fingerprint density at radius 1 is 1.11 bits per heavy atom. The third kappa shape index (κ3) is 6.25. The van der Waals surface area contributed by atoms with Crippen molar-refractivity contribution in [3.8, 4) is 0 Å². The van der Waals surface area contributed by atoms with Gasteiger partial charge in [-0.05, 0) is 43.2 Å². The molecule has 0 unspecified atom stereocenters. The molecule has 2 amide bonds. The standard InChI is InChI=1S/C21H31N3O2S/c1-27-19-9-5-8-18(15-19)22-20(25)16-23-10-12-24(13-11-23)21(26)14-17-6-3-2-4-7-17/h5,8-9,15,17H,2-4,6-7,10-14,16H2,1H3,(H,22,25). The van der Waals surface area contributed by atoms with E-state index in [1.807, 2.05) is 35.4 Å². The van der Waals surface area contributed by atoms with Gasteiger partial charge in [-0.1, -0.05) is 25.3 Å². The topological polar surface area (TPSA) is 52.7 Å². The lowest BCUT2D eigenvalue weighted by Gasteiger charge is -2.35. The smallest absolute Gasteiger partial charge is 0.238 e. The number of nitrogens with one attached hydrogen (secondary N) is 1. The summed E-state index contributed by atoms with van der Waals surface area (Å²) in [5.41, 5.74) is 0.841. The molecule has 5 nitrogen and oxygen atoms in total. The highest BCUT2D eigenvalue weighted by atomic mass is 32.2. The Balaban J connectivity index is 1.39. The predicted molar refractivity (Wildman–Crippen MR) is 111 cm³/mol. The molecule has 2 aliphatic rings. The van der Waals surface area contributed by atoms with Crippen molar-refractivity contribution < 1.29 is 9.59 Å². The SMILES string of the molecule is CSc1cccc(NC(=O)CN2CCN(C(=O)CC3CCCCC3)CC2)c1. The molecular formula is C21H31N3O2S. The van der Waals surface area contributed by atoms with E-state index in [1.54, 1.807) is 11.8 Å². The minimum Gasteiger partial charge on any atom is -0.340 e. The lowest BCUT2D eigenvalue weighted by molar-refractivity contribution is -0.134. The van der Waals surface area contributed by atoms with Gasteiger partial charge in [0.2, 0.25) is 11.8 Å².